The average molecular weight is 442 g/mol. The molecule has 0 aliphatic carbocycles. The number of imidazole rings is 1. The van der Waals surface area contributed by atoms with E-state index in [1.807, 2.05) is 52.0 Å². The molecule has 2 heterocycles. The lowest BCUT2D eigenvalue weighted by molar-refractivity contribution is -0.140. The van der Waals surface area contributed by atoms with Crippen LogP contribution in [0.25, 0.3) is 0 Å². The summed E-state index contributed by atoms with van der Waals surface area (Å²) in [5.74, 6) is -0.119. The summed E-state index contributed by atoms with van der Waals surface area (Å²) in [4.78, 5) is 46.9. The highest BCUT2D eigenvalue weighted by Gasteiger charge is 2.39. The van der Waals surface area contributed by atoms with Crippen LogP contribution in [0.15, 0.2) is 24.3 Å². The number of nitrogens with zero attached hydrogens (tertiary/aromatic N) is 2. The first-order chi connectivity index (χ1) is 15.1. The van der Waals surface area contributed by atoms with Gasteiger partial charge in [-0.05, 0) is 38.8 Å². The number of rotatable bonds is 7. The minimum absolute atomic E-state index is 0.00198. The molecule has 1 amide bonds. The Labute approximate surface area is 188 Å². The second-order valence-corrected chi connectivity index (χ2v) is 8.90. The van der Waals surface area contributed by atoms with Crippen LogP contribution < -0.4 is 4.90 Å². The molecule has 0 saturated carbocycles. The Balaban J connectivity index is 1.95. The standard InChI is InChI=1S/C24H31N3O5/c1-6-9-16-21(19(28)12-13-20(29)31-5)26-22(25-16)18-14-15-10-7-8-11-17(15)27(18)23(30)32-24(2,3)4/h7-8,10-11,18H,6,9,12-14H2,1-5H3,(H,25,26). The van der Waals surface area contributed by atoms with Gasteiger partial charge in [-0.15, -0.1) is 0 Å². The first-order valence-electron chi connectivity index (χ1n) is 10.9. The summed E-state index contributed by atoms with van der Waals surface area (Å²) in [5, 5.41) is 0. The number of methoxy groups -OCH3 is 1. The molecular formula is C24H31N3O5. The van der Waals surface area contributed by atoms with Crippen LogP contribution in [-0.4, -0.2) is 40.5 Å². The molecule has 2 aromatic rings. The number of para-hydroxylation sites is 1. The highest BCUT2D eigenvalue weighted by atomic mass is 16.6. The van der Waals surface area contributed by atoms with Crippen molar-refractivity contribution in [2.75, 3.05) is 12.0 Å². The van der Waals surface area contributed by atoms with E-state index in [9.17, 15) is 14.4 Å². The summed E-state index contributed by atoms with van der Waals surface area (Å²) >= 11 is 0. The number of amides is 1. The zero-order valence-electron chi connectivity index (χ0n) is 19.4. The number of Topliss-reactive ketones (excluding diaryl/α,β-unsaturated/α-hetero) is 1. The van der Waals surface area contributed by atoms with Crippen LogP contribution in [0.5, 0.6) is 0 Å². The molecule has 1 N–H and O–H groups in total. The van der Waals surface area contributed by atoms with Gasteiger partial charge < -0.3 is 14.5 Å². The summed E-state index contributed by atoms with van der Waals surface area (Å²) in [7, 11) is 1.30. The van der Waals surface area contributed by atoms with Gasteiger partial charge in [-0.3, -0.25) is 14.5 Å². The van der Waals surface area contributed by atoms with Crippen molar-refractivity contribution in [1.29, 1.82) is 0 Å². The third-order valence-electron chi connectivity index (χ3n) is 5.23. The largest absolute Gasteiger partial charge is 0.469 e. The Morgan fingerprint density at radius 3 is 2.56 bits per heavy atom. The van der Waals surface area contributed by atoms with Crippen LogP contribution in [0.1, 0.15) is 80.6 Å². The monoisotopic (exact) mass is 441 g/mol. The summed E-state index contributed by atoms with van der Waals surface area (Å²) < 4.78 is 10.3. The highest BCUT2D eigenvalue weighted by molar-refractivity contribution is 5.97. The molecule has 32 heavy (non-hydrogen) atoms. The van der Waals surface area contributed by atoms with Crippen molar-refractivity contribution in [3.8, 4) is 0 Å². The minimum Gasteiger partial charge on any atom is -0.469 e. The number of aromatic nitrogens is 2. The number of hydrogen-bond donors (Lipinski definition) is 1. The molecule has 1 aliphatic heterocycles. The van der Waals surface area contributed by atoms with Gasteiger partial charge in [0.15, 0.2) is 5.78 Å². The van der Waals surface area contributed by atoms with E-state index in [0.29, 0.717) is 24.4 Å². The first-order valence-corrected chi connectivity index (χ1v) is 10.9. The number of H-pyrrole nitrogens is 1. The number of nitrogens with one attached hydrogen (secondary N) is 1. The third kappa shape index (κ3) is 5.18. The van der Waals surface area contributed by atoms with Gasteiger partial charge in [0.05, 0.1) is 19.2 Å². The number of hydrogen-bond acceptors (Lipinski definition) is 6. The van der Waals surface area contributed by atoms with Crippen molar-refractivity contribution in [3.63, 3.8) is 0 Å². The predicted octanol–water partition coefficient (Wildman–Crippen LogP) is 4.54. The molecule has 8 nitrogen and oxygen atoms in total. The van der Waals surface area contributed by atoms with E-state index in [2.05, 4.69) is 14.7 Å². The number of carbonyl (C=O) groups is 3. The molecule has 172 valence electrons. The zero-order chi connectivity index (χ0) is 23.5. The number of benzene rings is 1. The number of aromatic amines is 1. The lowest BCUT2D eigenvalue weighted by Gasteiger charge is -2.28. The first kappa shape index (κ1) is 23.5. The van der Waals surface area contributed by atoms with Crippen molar-refractivity contribution in [2.24, 2.45) is 0 Å². The van der Waals surface area contributed by atoms with Crippen LogP contribution in [0, 0.1) is 0 Å². The zero-order valence-corrected chi connectivity index (χ0v) is 19.4. The van der Waals surface area contributed by atoms with Gasteiger partial charge in [-0.1, -0.05) is 31.5 Å². The van der Waals surface area contributed by atoms with Gasteiger partial charge in [-0.2, -0.15) is 0 Å². The topological polar surface area (TPSA) is 102 Å². The maximum absolute atomic E-state index is 13.1. The molecule has 0 bridgehead atoms. The molecule has 0 fully saturated rings. The van der Waals surface area contributed by atoms with Crippen molar-refractivity contribution in [3.05, 3.63) is 47.0 Å². The molecule has 1 aromatic heterocycles. The van der Waals surface area contributed by atoms with Gasteiger partial charge in [0.25, 0.3) is 0 Å². The molecule has 0 saturated heterocycles. The molecular weight excluding hydrogens is 410 g/mol. The van der Waals surface area contributed by atoms with E-state index in [0.717, 1.165) is 23.4 Å². The number of aryl methyl sites for hydroxylation is 1. The second kappa shape index (κ2) is 9.54. The summed E-state index contributed by atoms with van der Waals surface area (Å²) in [6.07, 6.45) is 1.58. The Hall–Kier alpha value is -3.16. The molecule has 8 heteroatoms. The summed E-state index contributed by atoms with van der Waals surface area (Å²) in [6.45, 7) is 7.49. The Bertz CT molecular complexity index is 1010. The fraction of sp³-hybridized carbons (Fsp3) is 0.500. The number of anilines is 1. The van der Waals surface area contributed by atoms with Crippen LogP contribution in [0.4, 0.5) is 10.5 Å². The number of fused-ring (bicyclic) bond motifs is 1. The van der Waals surface area contributed by atoms with Crippen LogP contribution in [0.3, 0.4) is 0 Å². The van der Waals surface area contributed by atoms with Crippen LogP contribution in [0.2, 0.25) is 0 Å². The lowest BCUT2D eigenvalue weighted by Crippen LogP contribution is -2.38. The van der Waals surface area contributed by atoms with E-state index in [4.69, 9.17) is 4.74 Å². The number of ether oxygens (including phenoxy) is 2. The van der Waals surface area contributed by atoms with E-state index < -0.39 is 23.7 Å². The van der Waals surface area contributed by atoms with Gasteiger partial charge in [0, 0.05) is 18.5 Å². The van der Waals surface area contributed by atoms with Crippen molar-refractivity contribution < 1.29 is 23.9 Å². The molecule has 1 unspecified atom stereocenters. The van der Waals surface area contributed by atoms with Crippen LogP contribution >= 0.6 is 0 Å². The lowest BCUT2D eigenvalue weighted by atomic mass is 10.1. The fourth-order valence-corrected chi connectivity index (χ4v) is 3.83. The number of carbonyl (C=O) groups excluding carboxylic acids is 3. The molecule has 0 radical (unpaired) electrons. The molecule has 3 rings (SSSR count). The SMILES string of the molecule is CCCc1[nH]c(C2Cc3ccccc3N2C(=O)OC(C)(C)C)nc1C(=O)CCC(=O)OC. The Morgan fingerprint density at radius 1 is 1.19 bits per heavy atom. The van der Waals surface area contributed by atoms with E-state index in [1.165, 1.54) is 7.11 Å². The number of ketones is 1. The highest BCUT2D eigenvalue weighted by Crippen LogP contribution is 2.40. The van der Waals surface area contributed by atoms with E-state index >= 15 is 0 Å². The van der Waals surface area contributed by atoms with Gasteiger partial charge in [0.1, 0.15) is 23.2 Å². The van der Waals surface area contributed by atoms with Crippen LogP contribution in [-0.2, 0) is 27.1 Å². The predicted molar refractivity (Wildman–Crippen MR) is 120 cm³/mol. The van der Waals surface area contributed by atoms with Gasteiger partial charge >= 0.3 is 12.1 Å². The number of esters is 1. The third-order valence-corrected chi connectivity index (χ3v) is 5.23. The molecule has 1 aromatic carbocycles. The Kier molecular flexibility index (Phi) is 7.01. The molecule has 0 spiro atoms. The molecule has 1 aliphatic rings. The normalized spacial score (nSPS) is 15.4. The van der Waals surface area contributed by atoms with Gasteiger partial charge in [0.2, 0.25) is 0 Å². The van der Waals surface area contributed by atoms with E-state index in [1.54, 1.807) is 4.90 Å². The van der Waals surface area contributed by atoms with Crippen molar-refractivity contribution in [1.82, 2.24) is 9.97 Å². The quantitative estimate of drug-likeness (QED) is 0.500. The second-order valence-electron chi connectivity index (χ2n) is 8.90. The maximum atomic E-state index is 13.1. The fourth-order valence-electron chi connectivity index (χ4n) is 3.83. The smallest absolute Gasteiger partial charge is 0.415 e. The Morgan fingerprint density at radius 2 is 1.91 bits per heavy atom. The summed E-state index contributed by atoms with van der Waals surface area (Å²) in [5.41, 5.74) is 2.18. The van der Waals surface area contributed by atoms with Gasteiger partial charge in [-0.25, -0.2) is 9.78 Å². The maximum Gasteiger partial charge on any atom is 0.415 e. The van der Waals surface area contributed by atoms with Crippen molar-refractivity contribution >= 4 is 23.5 Å². The van der Waals surface area contributed by atoms with Crippen molar-refractivity contribution in [2.45, 2.75) is 71.4 Å². The average Bonchev–Trinajstić information content (AvgIpc) is 3.32. The molecule has 1 atom stereocenters. The van der Waals surface area contributed by atoms with E-state index in [-0.39, 0.29) is 18.6 Å². The minimum atomic E-state index is -0.648. The summed E-state index contributed by atoms with van der Waals surface area (Å²) in [6, 6.07) is 7.26.